The Morgan fingerprint density at radius 3 is 2.77 bits per heavy atom. The summed E-state index contributed by atoms with van der Waals surface area (Å²) in [4.78, 5) is 33.3. The molecule has 5 nitrogen and oxygen atoms in total. The molecule has 1 N–H and O–H groups in total. The number of likely N-dealkylation sites (tertiary alicyclic amines) is 1. The monoisotopic (exact) mass is 433 g/mol. The molecule has 0 unspecified atom stereocenters. The van der Waals surface area contributed by atoms with E-state index in [2.05, 4.69) is 33.9 Å². The fraction of sp³-hybridized carbons (Fsp3) is 0.320. The zero-order chi connectivity index (χ0) is 21.7. The van der Waals surface area contributed by atoms with Gasteiger partial charge in [-0.05, 0) is 54.0 Å². The Bertz CT molecular complexity index is 1040. The lowest BCUT2D eigenvalue weighted by Gasteiger charge is -2.29. The number of amides is 2. The average molecular weight is 434 g/mol. The van der Waals surface area contributed by atoms with E-state index in [-0.39, 0.29) is 11.8 Å². The molecule has 1 aromatic carbocycles. The van der Waals surface area contributed by atoms with E-state index in [1.54, 1.807) is 23.7 Å². The van der Waals surface area contributed by atoms with Gasteiger partial charge < -0.3 is 10.2 Å². The highest BCUT2D eigenvalue weighted by molar-refractivity contribution is 7.13. The topological polar surface area (TPSA) is 62.3 Å². The molecule has 0 bridgehead atoms. The molecule has 2 amide bonds. The quantitative estimate of drug-likeness (QED) is 0.614. The Balaban J connectivity index is 1.58. The molecule has 2 aromatic heterocycles. The number of pyridine rings is 1. The molecule has 0 spiro atoms. The number of carbonyl (C=O) groups excluding carboxylic acids is 2. The van der Waals surface area contributed by atoms with Crippen LogP contribution in [0.1, 0.15) is 24.5 Å². The Morgan fingerprint density at radius 1 is 1.16 bits per heavy atom. The fourth-order valence-electron chi connectivity index (χ4n) is 4.34. The Morgan fingerprint density at radius 2 is 2.03 bits per heavy atom. The van der Waals surface area contributed by atoms with Gasteiger partial charge in [-0.2, -0.15) is 0 Å². The van der Waals surface area contributed by atoms with Gasteiger partial charge in [0.25, 0.3) is 0 Å². The van der Waals surface area contributed by atoms with E-state index in [4.69, 9.17) is 0 Å². The fourth-order valence-corrected chi connectivity index (χ4v) is 5.13. The number of nitrogens with one attached hydrogen (secondary N) is 1. The van der Waals surface area contributed by atoms with Crippen molar-refractivity contribution in [2.24, 2.45) is 5.41 Å². The third-order valence-corrected chi connectivity index (χ3v) is 6.84. The molecule has 31 heavy (non-hydrogen) atoms. The minimum atomic E-state index is -0.617. The van der Waals surface area contributed by atoms with Crippen molar-refractivity contribution >= 4 is 23.2 Å². The Kier molecular flexibility index (Phi) is 6.47. The molecule has 6 heteroatoms. The molecule has 3 aromatic rings. The number of benzene rings is 1. The van der Waals surface area contributed by atoms with Gasteiger partial charge in [-0.15, -0.1) is 11.3 Å². The van der Waals surface area contributed by atoms with Gasteiger partial charge in [-0.3, -0.25) is 14.6 Å². The SMILES string of the molecule is CCNC(=O)[C@@]1(Cc2ccccc2-c2cccs2)CCN(C(=O)Cc2cccnc2)C1. The van der Waals surface area contributed by atoms with Crippen molar-refractivity contribution in [3.05, 3.63) is 77.4 Å². The zero-order valence-electron chi connectivity index (χ0n) is 17.7. The maximum Gasteiger partial charge on any atom is 0.228 e. The molecule has 0 radical (unpaired) electrons. The summed E-state index contributed by atoms with van der Waals surface area (Å²) in [6.45, 7) is 3.55. The van der Waals surface area contributed by atoms with E-state index in [1.165, 1.54) is 10.4 Å². The van der Waals surface area contributed by atoms with Gasteiger partial charge in [0.2, 0.25) is 11.8 Å². The predicted octanol–water partition coefficient (Wildman–Crippen LogP) is 3.95. The lowest BCUT2D eigenvalue weighted by Crippen LogP contribution is -2.45. The van der Waals surface area contributed by atoms with E-state index < -0.39 is 5.41 Å². The molecule has 0 saturated carbocycles. The average Bonchev–Trinajstić information content (AvgIpc) is 3.46. The van der Waals surface area contributed by atoms with Gasteiger partial charge in [0.05, 0.1) is 11.8 Å². The molecule has 1 atom stereocenters. The van der Waals surface area contributed by atoms with E-state index in [9.17, 15) is 9.59 Å². The third kappa shape index (κ3) is 4.69. The smallest absolute Gasteiger partial charge is 0.228 e. The molecule has 1 aliphatic rings. The number of rotatable bonds is 7. The summed E-state index contributed by atoms with van der Waals surface area (Å²) in [6, 6.07) is 16.2. The van der Waals surface area contributed by atoms with Crippen LogP contribution in [0.25, 0.3) is 10.4 Å². The minimum absolute atomic E-state index is 0.0349. The summed E-state index contributed by atoms with van der Waals surface area (Å²) in [5.41, 5.74) is 2.60. The second kappa shape index (κ2) is 9.43. The summed E-state index contributed by atoms with van der Waals surface area (Å²) in [6.07, 6.45) is 5.02. The Labute approximate surface area is 187 Å². The highest BCUT2D eigenvalue weighted by atomic mass is 32.1. The van der Waals surface area contributed by atoms with Gasteiger partial charge in [0.15, 0.2) is 0 Å². The number of thiophene rings is 1. The van der Waals surface area contributed by atoms with Gasteiger partial charge in [-0.1, -0.05) is 36.4 Å². The van der Waals surface area contributed by atoms with E-state index in [0.717, 1.165) is 11.1 Å². The first-order valence-electron chi connectivity index (χ1n) is 10.7. The van der Waals surface area contributed by atoms with E-state index in [1.807, 2.05) is 42.2 Å². The molecule has 1 fully saturated rings. The minimum Gasteiger partial charge on any atom is -0.356 e. The normalized spacial score (nSPS) is 18.2. The van der Waals surface area contributed by atoms with Crippen LogP contribution in [0.15, 0.2) is 66.3 Å². The van der Waals surface area contributed by atoms with Crippen LogP contribution in [0.2, 0.25) is 0 Å². The van der Waals surface area contributed by atoms with Crippen LogP contribution in [0.5, 0.6) is 0 Å². The van der Waals surface area contributed by atoms with Crippen molar-refractivity contribution in [3.8, 4) is 10.4 Å². The first kappa shape index (κ1) is 21.2. The van der Waals surface area contributed by atoms with Gasteiger partial charge >= 0.3 is 0 Å². The van der Waals surface area contributed by atoms with Crippen LogP contribution in [0.3, 0.4) is 0 Å². The van der Waals surface area contributed by atoms with Crippen LogP contribution in [-0.4, -0.2) is 41.3 Å². The highest BCUT2D eigenvalue weighted by Gasteiger charge is 2.46. The van der Waals surface area contributed by atoms with E-state index >= 15 is 0 Å². The van der Waals surface area contributed by atoms with Crippen molar-refractivity contribution in [1.82, 2.24) is 15.2 Å². The lowest BCUT2D eigenvalue weighted by molar-refractivity contribution is -0.132. The van der Waals surface area contributed by atoms with Crippen LogP contribution < -0.4 is 5.32 Å². The van der Waals surface area contributed by atoms with Crippen molar-refractivity contribution < 1.29 is 9.59 Å². The van der Waals surface area contributed by atoms with Crippen LogP contribution in [0.4, 0.5) is 0 Å². The van der Waals surface area contributed by atoms with Crippen LogP contribution >= 0.6 is 11.3 Å². The number of carbonyl (C=O) groups is 2. The summed E-state index contributed by atoms with van der Waals surface area (Å²) in [7, 11) is 0. The van der Waals surface area contributed by atoms with Gasteiger partial charge in [-0.25, -0.2) is 0 Å². The van der Waals surface area contributed by atoms with Crippen molar-refractivity contribution in [3.63, 3.8) is 0 Å². The second-order valence-corrected chi connectivity index (χ2v) is 9.00. The summed E-state index contributed by atoms with van der Waals surface area (Å²) in [5, 5.41) is 5.10. The third-order valence-electron chi connectivity index (χ3n) is 5.94. The standard InChI is InChI=1S/C25H27N3O2S/c1-2-27-24(30)25(16-20-8-3-4-9-21(20)22-10-6-14-31-22)11-13-28(18-25)23(29)15-19-7-5-12-26-17-19/h3-10,12,14,17H,2,11,13,15-16,18H2,1H3,(H,27,30)/t25-/m1/s1. The summed E-state index contributed by atoms with van der Waals surface area (Å²) in [5.74, 6) is 0.0818. The summed E-state index contributed by atoms with van der Waals surface area (Å²) < 4.78 is 0. The molecular formula is C25H27N3O2S. The first-order valence-corrected chi connectivity index (χ1v) is 11.6. The first-order chi connectivity index (χ1) is 15.1. The zero-order valence-corrected chi connectivity index (χ0v) is 18.5. The Hall–Kier alpha value is -2.99. The molecule has 1 saturated heterocycles. The maximum absolute atomic E-state index is 13.2. The van der Waals surface area contributed by atoms with Crippen molar-refractivity contribution in [2.75, 3.05) is 19.6 Å². The lowest BCUT2D eigenvalue weighted by atomic mass is 9.78. The predicted molar refractivity (Wildman–Crippen MR) is 124 cm³/mol. The highest BCUT2D eigenvalue weighted by Crippen LogP contribution is 2.38. The molecular weight excluding hydrogens is 406 g/mol. The number of hydrogen-bond acceptors (Lipinski definition) is 4. The maximum atomic E-state index is 13.2. The van der Waals surface area contributed by atoms with Gasteiger partial charge in [0, 0.05) is 36.9 Å². The van der Waals surface area contributed by atoms with E-state index in [0.29, 0.717) is 38.9 Å². The number of hydrogen-bond donors (Lipinski definition) is 1. The molecule has 0 aliphatic carbocycles. The number of aromatic nitrogens is 1. The van der Waals surface area contributed by atoms with Crippen molar-refractivity contribution in [1.29, 1.82) is 0 Å². The van der Waals surface area contributed by atoms with Gasteiger partial charge in [0.1, 0.15) is 0 Å². The van der Waals surface area contributed by atoms with Crippen molar-refractivity contribution in [2.45, 2.75) is 26.2 Å². The summed E-state index contributed by atoms with van der Waals surface area (Å²) >= 11 is 1.70. The molecule has 3 heterocycles. The molecule has 4 rings (SSSR count). The van der Waals surface area contributed by atoms with Crippen LogP contribution in [0, 0.1) is 5.41 Å². The molecule has 1 aliphatic heterocycles. The second-order valence-electron chi connectivity index (χ2n) is 8.05. The number of nitrogens with zero attached hydrogens (tertiary/aromatic N) is 2. The molecule has 160 valence electrons. The largest absolute Gasteiger partial charge is 0.356 e. The van der Waals surface area contributed by atoms with Crippen LogP contribution in [-0.2, 0) is 22.4 Å².